The molecule has 7 heteroatoms. The van der Waals surface area contributed by atoms with Gasteiger partial charge in [-0.15, -0.1) is 0 Å². The maximum atomic E-state index is 13.1. The van der Waals surface area contributed by atoms with Crippen LogP contribution in [0, 0.1) is 12.0 Å². The molecule has 1 unspecified atom stereocenters. The fraction of sp³-hybridized carbons (Fsp3) is 0.200. The molecule has 162 valence electrons. The van der Waals surface area contributed by atoms with E-state index in [0.29, 0.717) is 25.0 Å². The van der Waals surface area contributed by atoms with E-state index in [4.69, 9.17) is 0 Å². The number of aliphatic imine (C=N–C) groups is 1. The number of allylic oxidation sites excluding steroid dienone is 2. The quantitative estimate of drug-likeness (QED) is 0.589. The molecule has 0 radical (unpaired) electrons. The lowest BCUT2D eigenvalue weighted by molar-refractivity contribution is -0.117. The number of sulfone groups is 1. The second kappa shape index (κ2) is 9.27. The van der Waals surface area contributed by atoms with E-state index < -0.39 is 15.9 Å². The van der Waals surface area contributed by atoms with Gasteiger partial charge in [0.25, 0.3) is 0 Å². The maximum absolute atomic E-state index is 13.1. The van der Waals surface area contributed by atoms with Crippen molar-refractivity contribution in [2.24, 2.45) is 4.99 Å². The summed E-state index contributed by atoms with van der Waals surface area (Å²) >= 11 is 3.46. The third-order valence-electron chi connectivity index (χ3n) is 5.29. The van der Waals surface area contributed by atoms with Crippen LogP contribution in [0.1, 0.15) is 11.1 Å². The fourth-order valence-electron chi connectivity index (χ4n) is 3.57. The minimum absolute atomic E-state index is 0.0159. The van der Waals surface area contributed by atoms with Crippen molar-refractivity contribution in [1.29, 1.82) is 0 Å². The molecule has 0 saturated carbocycles. The van der Waals surface area contributed by atoms with Crippen LogP contribution in [-0.4, -0.2) is 44.2 Å². The molecule has 2 aromatic rings. The molecule has 2 aliphatic heterocycles. The Hall–Kier alpha value is -2.95. The molecule has 1 atom stereocenters. The topological polar surface area (TPSA) is 66.8 Å². The van der Waals surface area contributed by atoms with Gasteiger partial charge in [0, 0.05) is 53.2 Å². The van der Waals surface area contributed by atoms with Crippen LogP contribution in [0.3, 0.4) is 0 Å². The van der Waals surface area contributed by atoms with Crippen molar-refractivity contribution in [3.8, 4) is 12.0 Å². The molecule has 0 fully saturated rings. The van der Waals surface area contributed by atoms with Crippen molar-refractivity contribution >= 4 is 37.8 Å². The fourth-order valence-corrected chi connectivity index (χ4v) is 4.65. The van der Waals surface area contributed by atoms with Gasteiger partial charge in [0.05, 0.1) is 11.4 Å². The molecule has 0 N–H and O–H groups in total. The SMILES string of the molecule is CS(=O)(=O)c1ccc(CC2N=CC3=C(CN(C#CCc4cccc(Br)c4)C=C3)C2=O)cc1. The van der Waals surface area contributed by atoms with Crippen LogP contribution in [0.2, 0.25) is 0 Å². The highest BCUT2D eigenvalue weighted by molar-refractivity contribution is 9.10. The lowest BCUT2D eigenvalue weighted by atomic mass is 9.91. The molecule has 0 bridgehead atoms. The van der Waals surface area contributed by atoms with Gasteiger partial charge in [-0.05, 0) is 41.5 Å². The van der Waals surface area contributed by atoms with Crippen LogP contribution in [0.15, 0.2) is 86.3 Å². The molecule has 0 amide bonds. The number of carbonyl (C=O) groups excluding carboxylic acids is 1. The highest BCUT2D eigenvalue weighted by Crippen LogP contribution is 2.23. The Bertz CT molecular complexity index is 1310. The number of benzene rings is 2. The minimum Gasteiger partial charge on any atom is -0.304 e. The van der Waals surface area contributed by atoms with E-state index in [9.17, 15) is 13.2 Å². The second-order valence-corrected chi connectivity index (χ2v) is 10.7. The first-order chi connectivity index (χ1) is 15.3. The van der Waals surface area contributed by atoms with Gasteiger partial charge >= 0.3 is 0 Å². The van der Waals surface area contributed by atoms with Crippen LogP contribution < -0.4 is 0 Å². The number of Topliss-reactive ketones (excluding diaryl/α,β-unsaturated/α-hetero) is 1. The number of nitrogens with zero attached hydrogens (tertiary/aromatic N) is 2. The number of hydrogen-bond donors (Lipinski definition) is 0. The van der Waals surface area contributed by atoms with Gasteiger partial charge in [0.15, 0.2) is 15.6 Å². The summed E-state index contributed by atoms with van der Waals surface area (Å²) in [6.07, 6.45) is 7.71. The Morgan fingerprint density at radius 2 is 1.94 bits per heavy atom. The molecule has 0 saturated heterocycles. The average molecular weight is 509 g/mol. The molecule has 2 aliphatic rings. The lowest BCUT2D eigenvalue weighted by Gasteiger charge is -2.25. The molecule has 0 aliphatic carbocycles. The molecule has 0 aromatic heterocycles. The van der Waals surface area contributed by atoms with Crippen LogP contribution >= 0.6 is 15.9 Å². The number of halogens is 1. The highest BCUT2D eigenvalue weighted by atomic mass is 79.9. The van der Waals surface area contributed by atoms with Gasteiger partial charge in [-0.25, -0.2) is 8.42 Å². The number of rotatable bonds is 4. The molecule has 4 rings (SSSR count). The van der Waals surface area contributed by atoms with Crippen molar-refractivity contribution in [2.75, 3.05) is 12.8 Å². The summed E-state index contributed by atoms with van der Waals surface area (Å²) in [6, 6.07) is 17.2. The van der Waals surface area contributed by atoms with E-state index in [1.165, 1.54) is 6.26 Å². The van der Waals surface area contributed by atoms with Gasteiger partial charge in [0.1, 0.15) is 6.04 Å². The van der Waals surface area contributed by atoms with Crippen LogP contribution in [0.5, 0.6) is 0 Å². The predicted octanol–water partition coefficient (Wildman–Crippen LogP) is 3.75. The van der Waals surface area contributed by atoms with Crippen molar-refractivity contribution < 1.29 is 13.2 Å². The maximum Gasteiger partial charge on any atom is 0.186 e. The van der Waals surface area contributed by atoms with Crippen molar-refractivity contribution in [3.63, 3.8) is 0 Å². The number of ketones is 1. The smallest absolute Gasteiger partial charge is 0.186 e. The molecule has 32 heavy (non-hydrogen) atoms. The Balaban J connectivity index is 1.41. The van der Waals surface area contributed by atoms with Crippen molar-refractivity contribution in [2.45, 2.75) is 23.8 Å². The molecular weight excluding hydrogens is 488 g/mol. The summed E-state index contributed by atoms with van der Waals surface area (Å²) in [6.45, 7) is 0.422. The first-order valence-electron chi connectivity index (χ1n) is 10.1. The van der Waals surface area contributed by atoms with Gasteiger partial charge in [-0.1, -0.05) is 46.1 Å². The minimum atomic E-state index is -3.25. The van der Waals surface area contributed by atoms with Gasteiger partial charge in [-0.3, -0.25) is 9.79 Å². The highest BCUT2D eigenvalue weighted by Gasteiger charge is 2.29. The normalized spacial score (nSPS) is 17.8. The summed E-state index contributed by atoms with van der Waals surface area (Å²) in [5, 5.41) is 0. The van der Waals surface area contributed by atoms with Gasteiger partial charge < -0.3 is 4.90 Å². The first-order valence-corrected chi connectivity index (χ1v) is 12.8. The largest absolute Gasteiger partial charge is 0.304 e. The molecule has 0 spiro atoms. The van der Waals surface area contributed by atoms with Crippen molar-refractivity contribution in [3.05, 3.63) is 87.6 Å². The zero-order valence-electron chi connectivity index (χ0n) is 17.5. The average Bonchev–Trinajstić information content (AvgIpc) is 2.76. The van der Waals surface area contributed by atoms with E-state index >= 15 is 0 Å². The van der Waals surface area contributed by atoms with Crippen LogP contribution in [0.25, 0.3) is 0 Å². The van der Waals surface area contributed by atoms with Crippen molar-refractivity contribution in [1.82, 2.24) is 4.90 Å². The van der Waals surface area contributed by atoms with Gasteiger partial charge in [-0.2, -0.15) is 0 Å². The third kappa shape index (κ3) is 5.26. The molecule has 2 heterocycles. The zero-order valence-corrected chi connectivity index (χ0v) is 19.9. The Kier molecular flexibility index (Phi) is 6.45. The Labute approximate surface area is 196 Å². The lowest BCUT2D eigenvalue weighted by Crippen LogP contribution is -2.33. The second-order valence-electron chi connectivity index (χ2n) is 7.75. The number of hydrogen-bond acceptors (Lipinski definition) is 5. The Morgan fingerprint density at radius 1 is 1.16 bits per heavy atom. The van der Waals surface area contributed by atoms with E-state index in [1.807, 2.05) is 41.4 Å². The molecule has 5 nitrogen and oxygen atoms in total. The number of dihydropyridines is 1. The summed E-state index contributed by atoms with van der Waals surface area (Å²) in [4.78, 5) is 19.6. The van der Waals surface area contributed by atoms with E-state index in [1.54, 1.807) is 30.5 Å². The Morgan fingerprint density at radius 3 is 2.66 bits per heavy atom. The molecular formula is C25H21BrN2O3S. The number of carbonyl (C=O) groups is 1. The van der Waals surface area contributed by atoms with Crippen LogP contribution in [0.4, 0.5) is 0 Å². The zero-order chi connectivity index (χ0) is 22.7. The van der Waals surface area contributed by atoms with Gasteiger partial charge in [0.2, 0.25) is 0 Å². The first kappa shape index (κ1) is 22.3. The van der Waals surface area contributed by atoms with E-state index in [0.717, 1.165) is 21.2 Å². The third-order valence-corrected chi connectivity index (χ3v) is 6.91. The summed E-state index contributed by atoms with van der Waals surface area (Å²) in [5.41, 5.74) is 3.52. The van der Waals surface area contributed by atoms with E-state index in [2.05, 4.69) is 32.9 Å². The summed E-state index contributed by atoms with van der Waals surface area (Å²) < 4.78 is 24.3. The predicted molar refractivity (Wildman–Crippen MR) is 129 cm³/mol. The monoisotopic (exact) mass is 508 g/mol. The summed E-state index contributed by atoms with van der Waals surface area (Å²) in [7, 11) is -3.25. The molecule has 2 aromatic carbocycles. The van der Waals surface area contributed by atoms with E-state index in [-0.39, 0.29) is 10.7 Å². The summed E-state index contributed by atoms with van der Waals surface area (Å²) in [5.74, 6) is 3.15. The standard InChI is InChI=1S/C25H21BrN2O3S/c1-32(30,31)22-9-7-19(8-10-22)15-24-25(29)23-17-28(13-11-20(23)16-27-24)12-3-5-18-4-2-6-21(26)14-18/h2,4,6-11,13-14,16,24H,5,15,17H2,1H3. The van der Waals surface area contributed by atoms with Crippen LogP contribution in [-0.2, 0) is 27.5 Å².